The van der Waals surface area contributed by atoms with Crippen LogP contribution in [0.4, 0.5) is 9.18 Å². The molecule has 0 saturated carbocycles. The summed E-state index contributed by atoms with van der Waals surface area (Å²) in [4.78, 5) is 12.0. The number of hydrogen-bond donors (Lipinski definition) is 2. The third-order valence-electron chi connectivity index (χ3n) is 3.18. The van der Waals surface area contributed by atoms with Crippen LogP contribution in [0.25, 0.3) is 0 Å². The number of ether oxygens (including phenoxy) is 1. The van der Waals surface area contributed by atoms with Gasteiger partial charge < -0.3 is 15.4 Å². The molecule has 1 atom stereocenters. The van der Waals surface area contributed by atoms with Gasteiger partial charge in [0.25, 0.3) is 0 Å². The van der Waals surface area contributed by atoms with Crippen molar-refractivity contribution < 1.29 is 13.9 Å². The number of nitrogens with one attached hydrogen (secondary N) is 2. The highest BCUT2D eigenvalue weighted by atomic mass is 19.1. The van der Waals surface area contributed by atoms with Crippen LogP contribution in [0.3, 0.4) is 0 Å². The fourth-order valence-electron chi connectivity index (χ4n) is 2.14. The second kappa shape index (κ2) is 8.14. The van der Waals surface area contributed by atoms with E-state index in [1.807, 2.05) is 30.3 Å². The second-order valence-electron chi connectivity index (χ2n) is 4.79. The summed E-state index contributed by atoms with van der Waals surface area (Å²) in [5, 5.41) is 5.56. The molecule has 116 valence electrons. The van der Waals surface area contributed by atoms with E-state index >= 15 is 0 Å². The predicted octanol–water partition coefficient (Wildman–Crippen LogP) is 2.86. The molecule has 2 rings (SSSR count). The quantitative estimate of drug-likeness (QED) is 0.806. The monoisotopic (exact) mass is 302 g/mol. The minimum Gasteiger partial charge on any atom is -0.383 e. The number of methoxy groups -OCH3 is 1. The molecule has 2 aromatic carbocycles. The summed E-state index contributed by atoms with van der Waals surface area (Å²) in [5.74, 6) is -0.333. The van der Waals surface area contributed by atoms with Crippen LogP contribution < -0.4 is 10.6 Å². The first-order valence-corrected chi connectivity index (χ1v) is 7.04. The summed E-state index contributed by atoms with van der Waals surface area (Å²) in [6, 6.07) is 14.9. The van der Waals surface area contributed by atoms with Gasteiger partial charge in [-0.15, -0.1) is 0 Å². The van der Waals surface area contributed by atoms with E-state index in [1.165, 1.54) is 12.1 Å². The first-order valence-electron chi connectivity index (χ1n) is 7.04. The molecule has 2 aromatic rings. The lowest BCUT2D eigenvalue weighted by Gasteiger charge is -2.20. The lowest BCUT2D eigenvalue weighted by atomic mass is 9.99. The molecule has 0 aliphatic rings. The molecule has 0 radical (unpaired) electrons. The molecular formula is C17H19FN2O2. The molecule has 0 unspecified atom stereocenters. The number of halogens is 1. The SMILES string of the molecule is COCCNC(=O)N[C@H](c1ccccc1)c1cccc(F)c1. The molecule has 22 heavy (non-hydrogen) atoms. The topological polar surface area (TPSA) is 50.4 Å². The Morgan fingerprint density at radius 2 is 1.86 bits per heavy atom. The highest BCUT2D eigenvalue weighted by molar-refractivity contribution is 5.75. The number of carbonyl (C=O) groups is 1. The Bertz CT molecular complexity index is 605. The Kier molecular flexibility index (Phi) is 5.91. The van der Waals surface area contributed by atoms with Crippen molar-refractivity contribution in [3.63, 3.8) is 0 Å². The summed E-state index contributed by atoms with van der Waals surface area (Å²) in [7, 11) is 1.57. The number of hydrogen-bond acceptors (Lipinski definition) is 2. The van der Waals surface area contributed by atoms with E-state index in [2.05, 4.69) is 10.6 Å². The molecule has 0 aliphatic heterocycles. The summed E-state index contributed by atoms with van der Waals surface area (Å²) >= 11 is 0. The fraction of sp³-hybridized carbons (Fsp3) is 0.235. The molecule has 0 aliphatic carbocycles. The maximum atomic E-state index is 13.5. The zero-order valence-electron chi connectivity index (χ0n) is 12.4. The van der Waals surface area contributed by atoms with Gasteiger partial charge in [0.15, 0.2) is 0 Å². The van der Waals surface area contributed by atoms with E-state index in [9.17, 15) is 9.18 Å². The maximum absolute atomic E-state index is 13.5. The molecule has 0 saturated heterocycles. The van der Waals surface area contributed by atoms with Gasteiger partial charge in [-0.1, -0.05) is 42.5 Å². The smallest absolute Gasteiger partial charge is 0.315 e. The Morgan fingerprint density at radius 1 is 1.14 bits per heavy atom. The lowest BCUT2D eigenvalue weighted by Crippen LogP contribution is -2.39. The van der Waals surface area contributed by atoms with Gasteiger partial charge in [0, 0.05) is 13.7 Å². The van der Waals surface area contributed by atoms with Gasteiger partial charge >= 0.3 is 6.03 Å². The number of benzene rings is 2. The van der Waals surface area contributed by atoms with Crippen LogP contribution in [-0.2, 0) is 4.74 Å². The third-order valence-corrected chi connectivity index (χ3v) is 3.18. The summed E-state index contributed by atoms with van der Waals surface area (Å²) in [6.45, 7) is 0.844. The molecule has 0 spiro atoms. The second-order valence-corrected chi connectivity index (χ2v) is 4.79. The van der Waals surface area contributed by atoms with Crippen molar-refractivity contribution in [3.8, 4) is 0 Å². The van der Waals surface area contributed by atoms with E-state index in [1.54, 1.807) is 19.2 Å². The van der Waals surface area contributed by atoms with E-state index in [-0.39, 0.29) is 11.8 Å². The summed E-state index contributed by atoms with van der Waals surface area (Å²) in [6.07, 6.45) is 0. The van der Waals surface area contributed by atoms with Crippen LogP contribution in [-0.4, -0.2) is 26.3 Å². The Balaban J connectivity index is 2.17. The van der Waals surface area contributed by atoms with Gasteiger partial charge in [-0.25, -0.2) is 9.18 Å². The van der Waals surface area contributed by atoms with E-state index < -0.39 is 6.04 Å². The molecule has 0 heterocycles. The molecule has 0 bridgehead atoms. The minimum atomic E-state index is -0.417. The highest BCUT2D eigenvalue weighted by Crippen LogP contribution is 2.22. The number of carbonyl (C=O) groups excluding carboxylic acids is 1. The maximum Gasteiger partial charge on any atom is 0.315 e. The van der Waals surface area contributed by atoms with Crippen molar-refractivity contribution in [2.24, 2.45) is 0 Å². The largest absolute Gasteiger partial charge is 0.383 e. The van der Waals surface area contributed by atoms with E-state index in [4.69, 9.17) is 4.74 Å². The van der Waals surface area contributed by atoms with Crippen LogP contribution in [0.1, 0.15) is 17.2 Å². The van der Waals surface area contributed by atoms with Crippen molar-refractivity contribution >= 4 is 6.03 Å². The van der Waals surface area contributed by atoms with Gasteiger partial charge in [-0.2, -0.15) is 0 Å². The van der Waals surface area contributed by atoms with Crippen molar-refractivity contribution in [1.82, 2.24) is 10.6 Å². The molecule has 0 fully saturated rings. The molecule has 4 nitrogen and oxygen atoms in total. The molecule has 2 N–H and O–H groups in total. The molecular weight excluding hydrogens is 283 g/mol. The van der Waals surface area contributed by atoms with Crippen LogP contribution in [0, 0.1) is 5.82 Å². The van der Waals surface area contributed by atoms with Gasteiger partial charge in [-0.3, -0.25) is 0 Å². The van der Waals surface area contributed by atoms with Gasteiger partial charge in [-0.05, 0) is 23.3 Å². The number of rotatable bonds is 6. The minimum absolute atomic E-state index is 0.324. The highest BCUT2D eigenvalue weighted by Gasteiger charge is 2.16. The van der Waals surface area contributed by atoms with Crippen molar-refractivity contribution in [2.75, 3.05) is 20.3 Å². The summed E-state index contributed by atoms with van der Waals surface area (Å²) in [5.41, 5.74) is 1.57. The van der Waals surface area contributed by atoms with E-state index in [0.717, 1.165) is 5.56 Å². The fourth-order valence-corrected chi connectivity index (χ4v) is 2.14. The van der Waals surface area contributed by atoms with Crippen LogP contribution in [0.15, 0.2) is 54.6 Å². The third kappa shape index (κ3) is 4.56. The Hall–Kier alpha value is -2.40. The summed E-state index contributed by atoms with van der Waals surface area (Å²) < 4.78 is 18.4. The van der Waals surface area contributed by atoms with Crippen molar-refractivity contribution in [2.45, 2.75) is 6.04 Å². The van der Waals surface area contributed by atoms with Gasteiger partial charge in [0.2, 0.25) is 0 Å². The first-order chi connectivity index (χ1) is 10.7. The number of amides is 2. The zero-order chi connectivity index (χ0) is 15.8. The molecule has 5 heteroatoms. The van der Waals surface area contributed by atoms with Crippen LogP contribution in [0.5, 0.6) is 0 Å². The van der Waals surface area contributed by atoms with Crippen LogP contribution in [0.2, 0.25) is 0 Å². The average Bonchev–Trinajstić information content (AvgIpc) is 2.54. The van der Waals surface area contributed by atoms with Crippen molar-refractivity contribution in [3.05, 3.63) is 71.5 Å². The normalized spacial score (nSPS) is 11.7. The predicted molar refractivity (Wildman–Crippen MR) is 83.1 cm³/mol. The zero-order valence-corrected chi connectivity index (χ0v) is 12.4. The Labute approximate surface area is 129 Å². The molecule has 2 amide bonds. The standard InChI is InChI=1S/C17H19FN2O2/c1-22-11-10-19-17(21)20-16(13-6-3-2-4-7-13)14-8-5-9-15(18)12-14/h2-9,12,16H,10-11H2,1H3,(H2,19,20,21)/t16-/m1/s1. The van der Waals surface area contributed by atoms with E-state index in [0.29, 0.717) is 18.7 Å². The Morgan fingerprint density at radius 3 is 2.55 bits per heavy atom. The van der Waals surface area contributed by atoms with Gasteiger partial charge in [0.05, 0.1) is 12.6 Å². The average molecular weight is 302 g/mol. The van der Waals surface area contributed by atoms with Crippen molar-refractivity contribution in [1.29, 1.82) is 0 Å². The van der Waals surface area contributed by atoms with Gasteiger partial charge in [0.1, 0.15) is 5.82 Å². The first kappa shape index (κ1) is 16.0. The molecule has 0 aromatic heterocycles. The number of urea groups is 1. The lowest BCUT2D eigenvalue weighted by molar-refractivity contribution is 0.195. The van der Waals surface area contributed by atoms with Crippen LogP contribution >= 0.6 is 0 Å².